The molecule has 10 heteroatoms. The van der Waals surface area contributed by atoms with Crippen LogP contribution < -0.4 is 16.4 Å². The second kappa shape index (κ2) is 9.20. The number of nitrogens with two attached hydrogens (primary N) is 1. The summed E-state index contributed by atoms with van der Waals surface area (Å²) in [4.78, 5) is 37.3. The smallest absolute Gasteiger partial charge is 0.346 e. The predicted molar refractivity (Wildman–Crippen MR) is 88.8 cm³/mol. The highest BCUT2D eigenvalue weighted by Gasteiger charge is 2.40. The maximum absolute atomic E-state index is 12.8. The fraction of sp³-hybridized carbons (Fsp3) is 0.812. The number of carbonyl (C=O) groups excluding carboxylic acids is 3. The summed E-state index contributed by atoms with van der Waals surface area (Å²) in [6, 6.07) is -2.09. The van der Waals surface area contributed by atoms with Crippen molar-refractivity contribution in [3.05, 3.63) is 0 Å². The molecule has 0 saturated carbocycles. The van der Waals surface area contributed by atoms with Gasteiger partial charge in [-0.3, -0.25) is 14.4 Å². The van der Waals surface area contributed by atoms with Crippen LogP contribution in [0.5, 0.6) is 0 Å². The normalized spacial score (nSPS) is 20.0. The van der Waals surface area contributed by atoms with Crippen LogP contribution in [0.1, 0.15) is 40.0 Å². The molecule has 4 N–H and O–H groups in total. The van der Waals surface area contributed by atoms with Crippen LogP contribution in [0.25, 0.3) is 0 Å². The van der Waals surface area contributed by atoms with Gasteiger partial charge in [-0.1, -0.05) is 20.8 Å². The van der Waals surface area contributed by atoms with E-state index in [0.29, 0.717) is 25.8 Å². The third-order valence-electron chi connectivity index (χ3n) is 4.42. The van der Waals surface area contributed by atoms with Crippen LogP contribution in [0.15, 0.2) is 0 Å². The van der Waals surface area contributed by atoms with Crippen molar-refractivity contribution in [1.29, 1.82) is 0 Å². The Balaban J connectivity index is 2.77. The highest BCUT2D eigenvalue weighted by molar-refractivity contribution is 5.90. The summed E-state index contributed by atoms with van der Waals surface area (Å²) >= 11 is 0. The highest BCUT2D eigenvalue weighted by atomic mass is 19.4. The number of nitrogens with zero attached hydrogens (tertiary/aromatic N) is 1. The summed E-state index contributed by atoms with van der Waals surface area (Å²) in [6.45, 7) is 5.35. The fourth-order valence-electron chi connectivity index (χ4n) is 2.79. The first-order chi connectivity index (χ1) is 12.0. The molecule has 0 aromatic heterocycles. The van der Waals surface area contributed by atoms with Gasteiger partial charge < -0.3 is 21.3 Å². The number of carbonyl (C=O) groups is 3. The van der Waals surface area contributed by atoms with E-state index in [2.05, 4.69) is 5.32 Å². The second-order valence-corrected chi connectivity index (χ2v) is 6.78. The van der Waals surface area contributed by atoms with Crippen LogP contribution in [0.2, 0.25) is 0 Å². The Labute approximate surface area is 150 Å². The molecule has 0 aliphatic carbocycles. The van der Waals surface area contributed by atoms with Crippen molar-refractivity contribution in [2.75, 3.05) is 13.1 Å². The molecule has 0 spiro atoms. The molecule has 26 heavy (non-hydrogen) atoms. The largest absolute Gasteiger partial charge is 0.471 e. The van der Waals surface area contributed by atoms with E-state index < -0.39 is 36.1 Å². The Bertz CT molecular complexity index is 525. The van der Waals surface area contributed by atoms with Crippen molar-refractivity contribution in [3.8, 4) is 0 Å². The molecule has 1 heterocycles. The Kier molecular flexibility index (Phi) is 7.86. The van der Waals surface area contributed by atoms with Gasteiger partial charge in [-0.05, 0) is 25.2 Å². The summed E-state index contributed by atoms with van der Waals surface area (Å²) in [7, 11) is 0. The van der Waals surface area contributed by atoms with Crippen LogP contribution in [0, 0.1) is 5.92 Å². The van der Waals surface area contributed by atoms with E-state index in [-0.39, 0.29) is 18.4 Å². The van der Waals surface area contributed by atoms with Gasteiger partial charge in [0.05, 0.1) is 6.04 Å². The maximum atomic E-state index is 12.8. The lowest BCUT2D eigenvalue weighted by molar-refractivity contribution is -0.173. The summed E-state index contributed by atoms with van der Waals surface area (Å²) in [5.41, 5.74) is 5.68. The van der Waals surface area contributed by atoms with Crippen molar-refractivity contribution in [3.63, 3.8) is 0 Å². The minimum absolute atomic E-state index is 0.221. The molecule has 1 aliphatic heterocycles. The zero-order chi connectivity index (χ0) is 20.1. The monoisotopic (exact) mass is 380 g/mol. The number of amides is 3. The summed E-state index contributed by atoms with van der Waals surface area (Å²) in [6.07, 6.45) is -3.44. The van der Waals surface area contributed by atoms with Gasteiger partial charge in [-0.25, -0.2) is 0 Å². The molecule has 1 saturated heterocycles. The Morgan fingerprint density at radius 2 is 1.88 bits per heavy atom. The van der Waals surface area contributed by atoms with Crippen LogP contribution in [-0.2, 0) is 14.4 Å². The van der Waals surface area contributed by atoms with Gasteiger partial charge in [-0.2, -0.15) is 13.2 Å². The SMILES string of the molecule is CC[C@H](N)C(=O)N[C@H](C(=O)N1CCC[C@H]1CNC(=O)C(F)(F)F)C(C)C. The topological polar surface area (TPSA) is 105 Å². The first kappa shape index (κ1) is 22.2. The van der Waals surface area contributed by atoms with Crippen molar-refractivity contribution in [1.82, 2.24) is 15.5 Å². The Morgan fingerprint density at radius 3 is 2.38 bits per heavy atom. The molecule has 0 aromatic carbocycles. The van der Waals surface area contributed by atoms with Gasteiger partial charge in [0.1, 0.15) is 6.04 Å². The van der Waals surface area contributed by atoms with E-state index in [1.807, 2.05) is 5.32 Å². The molecular formula is C16H27F3N4O3. The average Bonchev–Trinajstić information content (AvgIpc) is 3.03. The number of halogens is 3. The third-order valence-corrected chi connectivity index (χ3v) is 4.42. The highest BCUT2D eigenvalue weighted by Crippen LogP contribution is 2.21. The van der Waals surface area contributed by atoms with Gasteiger partial charge in [0.25, 0.3) is 0 Å². The second-order valence-electron chi connectivity index (χ2n) is 6.78. The minimum Gasteiger partial charge on any atom is -0.346 e. The van der Waals surface area contributed by atoms with Gasteiger partial charge >= 0.3 is 12.1 Å². The van der Waals surface area contributed by atoms with Crippen molar-refractivity contribution in [2.24, 2.45) is 11.7 Å². The Hall–Kier alpha value is -1.84. The maximum Gasteiger partial charge on any atom is 0.471 e. The molecule has 150 valence electrons. The quantitative estimate of drug-likeness (QED) is 0.599. The van der Waals surface area contributed by atoms with E-state index >= 15 is 0 Å². The molecule has 1 fully saturated rings. The van der Waals surface area contributed by atoms with Gasteiger partial charge in [0.2, 0.25) is 11.8 Å². The molecule has 0 bridgehead atoms. The van der Waals surface area contributed by atoms with E-state index in [0.717, 1.165) is 0 Å². The van der Waals surface area contributed by atoms with E-state index in [1.165, 1.54) is 4.90 Å². The number of rotatable bonds is 7. The lowest BCUT2D eigenvalue weighted by atomic mass is 10.0. The standard InChI is InChI=1S/C16H27F3N4O3/c1-4-11(20)13(24)22-12(9(2)3)14(25)23-7-5-6-10(23)8-21-15(26)16(17,18)19/h9-12H,4-8,20H2,1-3H3,(H,21,26)(H,22,24)/t10-,11-,12-/m0/s1. The van der Waals surface area contributed by atoms with Crippen molar-refractivity contribution in [2.45, 2.75) is 64.3 Å². The zero-order valence-electron chi connectivity index (χ0n) is 15.2. The molecular weight excluding hydrogens is 353 g/mol. The van der Waals surface area contributed by atoms with Gasteiger partial charge in [-0.15, -0.1) is 0 Å². The zero-order valence-corrected chi connectivity index (χ0v) is 15.2. The molecule has 1 aliphatic rings. The van der Waals surface area contributed by atoms with E-state index in [1.54, 1.807) is 20.8 Å². The van der Waals surface area contributed by atoms with E-state index in [9.17, 15) is 27.6 Å². The number of alkyl halides is 3. The average molecular weight is 380 g/mol. The third kappa shape index (κ3) is 5.86. The summed E-state index contributed by atoms with van der Waals surface area (Å²) in [5.74, 6) is -3.07. The van der Waals surface area contributed by atoms with Crippen LogP contribution in [0.4, 0.5) is 13.2 Å². The van der Waals surface area contributed by atoms with Crippen LogP contribution in [0.3, 0.4) is 0 Å². The first-order valence-electron chi connectivity index (χ1n) is 8.70. The molecule has 0 radical (unpaired) electrons. The lowest BCUT2D eigenvalue weighted by Gasteiger charge is -2.31. The van der Waals surface area contributed by atoms with Crippen LogP contribution in [-0.4, -0.2) is 60.0 Å². The number of likely N-dealkylation sites (tertiary alicyclic amines) is 1. The van der Waals surface area contributed by atoms with Crippen molar-refractivity contribution < 1.29 is 27.6 Å². The lowest BCUT2D eigenvalue weighted by Crippen LogP contribution is -2.56. The van der Waals surface area contributed by atoms with Crippen molar-refractivity contribution >= 4 is 17.7 Å². The first-order valence-corrected chi connectivity index (χ1v) is 8.70. The fourth-order valence-corrected chi connectivity index (χ4v) is 2.79. The Morgan fingerprint density at radius 1 is 1.27 bits per heavy atom. The molecule has 1 rings (SSSR count). The molecule has 0 unspecified atom stereocenters. The molecule has 3 amide bonds. The van der Waals surface area contributed by atoms with Gasteiger partial charge in [0, 0.05) is 19.1 Å². The number of hydrogen-bond acceptors (Lipinski definition) is 4. The molecule has 0 aromatic rings. The number of nitrogens with one attached hydrogen (secondary N) is 2. The minimum atomic E-state index is -4.96. The van der Waals surface area contributed by atoms with E-state index in [4.69, 9.17) is 5.73 Å². The predicted octanol–water partition coefficient (Wildman–Crippen LogP) is 0.534. The molecule has 3 atom stereocenters. The van der Waals surface area contributed by atoms with Gasteiger partial charge in [0.15, 0.2) is 0 Å². The molecule has 7 nitrogen and oxygen atoms in total. The number of hydrogen-bond donors (Lipinski definition) is 3. The summed E-state index contributed by atoms with van der Waals surface area (Å²) < 4.78 is 36.9. The summed E-state index contributed by atoms with van der Waals surface area (Å²) in [5, 5.41) is 4.45. The van der Waals surface area contributed by atoms with Crippen LogP contribution >= 0.6 is 0 Å².